The van der Waals surface area contributed by atoms with Crippen molar-refractivity contribution in [2.45, 2.75) is 41.5 Å². The summed E-state index contributed by atoms with van der Waals surface area (Å²) in [6.45, 7) is 15.4. The van der Waals surface area contributed by atoms with Gasteiger partial charge in [-0.15, -0.1) is 0 Å². The van der Waals surface area contributed by atoms with Crippen LogP contribution in [0.4, 0.5) is 0 Å². The van der Waals surface area contributed by atoms with Crippen LogP contribution in [-0.2, 0) is 0 Å². The summed E-state index contributed by atoms with van der Waals surface area (Å²) in [4.78, 5) is 0. The Hall–Kier alpha value is 0. The molecule has 0 N–H and O–H groups in total. The first-order valence-electron chi connectivity index (χ1n) is 6.25. The van der Waals surface area contributed by atoms with E-state index in [1.165, 1.54) is 0 Å². The van der Waals surface area contributed by atoms with Gasteiger partial charge in [0.1, 0.15) is 0 Å². The summed E-state index contributed by atoms with van der Waals surface area (Å²) in [5.74, 6) is 0. The van der Waals surface area contributed by atoms with Crippen molar-refractivity contribution in [3.63, 3.8) is 0 Å². The van der Waals surface area contributed by atoms with Crippen LogP contribution in [0.1, 0.15) is 41.5 Å². The van der Waals surface area contributed by atoms with Gasteiger partial charge in [-0.2, -0.15) is 0 Å². The molecule has 0 aromatic rings. The number of hydrogen-bond donors (Lipinski definition) is 0. The largest absolute Gasteiger partial charge is 0.0579 e. The van der Waals surface area contributed by atoms with E-state index in [0.717, 1.165) is 43.3 Å². The van der Waals surface area contributed by atoms with Gasteiger partial charge in [-0.1, -0.05) is 41.5 Å². The zero-order valence-corrected chi connectivity index (χ0v) is 10.0. The number of hydrogen-bond acceptors (Lipinski definition) is 0. The van der Waals surface area contributed by atoms with Crippen LogP contribution in [0.25, 0.3) is 0 Å². The van der Waals surface area contributed by atoms with E-state index in [1.54, 1.807) is 0 Å². The first-order valence-corrected chi connectivity index (χ1v) is 6.25. The molecule has 0 atom stereocenters. The quantitative estimate of drug-likeness (QED) is 0.590. The van der Waals surface area contributed by atoms with Gasteiger partial charge in [0.05, 0.1) is 0 Å². The molecule has 0 radical (unpaired) electrons. The summed E-state index contributed by atoms with van der Waals surface area (Å²) in [5, 5.41) is 0. The highest BCUT2D eigenvalue weighted by Gasteiger charge is 3.49. The predicted molar refractivity (Wildman–Crippen MR) is 53.5 cm³/mol. The van der Waals surface area contributed by atoms with Gasteiger partial charge in [0.25, 0.3) is 0 Å². The first-order chi connectivity index (χ1) is 6.25. The van der Waals surface area contributed by atoms with Crippen LogP contribution >= 0.6 is 0 Å². The number of rotatable bonds is 1. The molecule has 0 nitrogen and oxygen atoms in total. The summed E-state index contributed by atoms with van der Waals surface area (Å²) in [5.41, 5.74) is 6.55. The standard InChI is InChI=1S/C14H18/c1-7-8(2)9(7,3)13(7,8)14-10(4)11(14,5)12(10,14)6/h1-6H3. The SMILES string of the molecule is CC12C3(C)C1(C)C23C12C3(C)C1(C)C32C. The first kappa shape index (κ1) is 6.55. The highest BCUT2D eigenvalue weighted by molar-refractivity contribution is 5.93. The van der Waals surface area contributed by atoms with E-state index >= 15 is 0 Å². The summed E-state index contributed by atoms with van der Waals surface area (Å²) in [6, 6.07) is 0. The molecular weight excluding hydrogens is 168 g/mol. The lowest BCUT2D eigenvalue weighted by Crippen LogP contribution is -1.88. The minimum absolute atomic E-state index is 0.806. The van der Waals surface area contributed by atoms with Crippen molar-refractivity contribution in [1.82, 2.24) is 0 Å². The molecule has 8 fully saturated rings. The van der Waals surface area contributed by atoms with E-state index in [2.05, 4.69) is 41.5 Å². The van der Waals surface area contributed by atoms with E-state index in [4.69, 9.17) is 0 Å². The van der Waals surface area contributed by atoms with Crippen LogP contribution in [0, 0.1) is 43.3 Å². The molecule has 8 rings (SSSR count). The maximum Gasteiger partial charge on any atom is -0.00289 e. The monoisotopic (exact) mass is 186 g/mol. The Kier molecular flexibility index (Phi) is 0.380. The molecule has 0 aromatic heterocycles. The van der Waals surface area contributed by atoms with Crippen LogP contribution in [0.15, 0.2) is 0 Å². The minimum atomic E-state index is 0.806. The lowest BCUT2D eigenvalue weighted by Gasteiger charge is -1.90. The Morgan fingerprint density at radius 3 is 0.571 bits per heavy atom. The smallest absolute Gasteiger partial charge is 0.00289 e. The molecule has 8 aliphatic rings. The maximum atomic E-state index is 2.57. The highest BCUT2D eigenvalue weighted by atomic mass is 15.5. The summed E-state index contributed by atoms with van der Waals surface area (Å²) < 4.78 is 0. The van der Waals surface area contributed by atoms with Gasteiger partial charge in [-0.25, -0.2) is 0 Å². The van der Waals surface area contributed by atoms with Gasteiger partial charge < -0.3 is 0 Å². The van der Waals surface area contributed by atoms with Gasteiger partial charge in [0.15, 0.2) is 0 Å². The lowest BCUT2D eigenvalue weighted by atomic mass is 10.1. The predicted octanol–water partition coefficient (Wildman–Crippen LogP) is 3.08. The zero-order valence-electron chi connectivity index (χ0n) is 10.0. The molecule has 0 heteroatoms. The molecule has 0 unspecified atom stereocenters. The van der Waals surface area contributed by atoms with E-state index in [-0.39, 0.29) is 0 Å². The van der Waals surface area contributed by atoms with Crippen molar-refractivity contribution >= 4 is 0 Å². The topological polar surface area (TPSA) is 0 Å². The summed E-state index contributed by atoms with van der Waals surface area (Å²) in [7, 11) is 0. The second kappa shape index (κ2) is 0.812. The average Bonchev–Trinajstić information content (AvgIpc) is 3.09. The summed E-state index contributed by atoms with van der Waals surface area (Å²) >= 11 is 0. The van der Waals surface area contributed by atoms with E-state index < -0.39 is 0 Å². The lowest BCUT2D eigenvalue weighted by molar-refractivity contribution is 0.546. The van der Waals surface area contributed by atoms with Gasteiger partial charge in [-0.05, 0) is 43.3 Å². The van der Waals surface area contributed by atoms with Crippen molar-refractivity contribution < 1.29 is 0 Å². The van der Waals surface area contributed by atoms with Crippen molar-refractivity contribution in [2.75, 3.05) is 0 Å². The molecule has 8 saturated carbocycles. The Morgan fingerprint density at radius 2 is 0.500 bits per heavy atom. The molecule has 8 aliphatic carbocycles. The Bertz CT molecular complexity index is 388. The molecule has 74 valence electrons. The Labute approximate surface area is 85.4 Å². The van der Waals surface area contributed by atoms with Gasteiger partial charge >= 0.3 is 0 Å². The third-order valence-electron chi connectivity index (χ3n) is 10.6. The van der Waals surface area contributed by atoms with Gasteiger partial charge in [0, 0.05) is 0 Å². The van der Waals surface area contributed by atoms with Crippen molar-refractivity contribution in [3.05, 3.63) is 0 Å². The van der Waals surface area contributed by atoms with Crippen LogP contribution < -0.4 is 0 Å². The zero-order chi connectivity index (χ0) is 10.0. The van der Waals surface area contributed by atoms with Crippen molar-refractivity contribution in [1.29, 1.82) is 0 Å². The summed E-state index contributed by atoms with van der Waals surface area (Å²) in [6.07, 6.45) is 0. The molecule has 0 heterocycles. The highest BCUT2D eigenvalue weighted by Crippen LogP contribution is 3.51. The molecule has 0 spiro atoms. The Morgan fingerprint density at radius 1 is 0.357 bits per heavy atom. The molecule has 0 saturated heterocycles. The average molecular weight is 186 g/mol. The maximum absolute atomic E-state index is 2.57. The normalized spacial score (nSPS) is 111. The van der Waals surface area contributed by atoms with E-state index in [1.807, 2.05) is 0 Å². The van der Waals surface area contributed by atoms with Gasteiger partial charge in [0.2, 0.25) is 0 Å². The second-order valence-electron chi connectivity index (χ2n) is 8.25. The minimum Gasteiger partial charge on any atom is -0.0579 e. The molecule has 0 amide bonds. The van der Waals surface area contributed by atoms with E-state index in [0.29, 0.717) is 0 Å². The van der Waals surface area contributed by atoms with Crippen molar-refractivity contribution in [2.24, 2.45) is 43.3 Å². The van der Waals surface area contributed by atoms with E-state index in [9.17, 15) is 0 Å². The molecule has 0 bridgehead atoms. The fourth-order valence-corrected chi connectivity index (χ4v) is 9.56. The van der Waals surface area contributed by atoms with Crippen LogP contribution in [0.2, 0.25) is 0 Å². The Balaban J connectivity index is 1.66. The van der Waals surface area contributed by atoms with Crippen LogP contribution in [0.3, 0.4) is 0 Å². The molecular formula is C14H18. The third-order valence-corrected chi connectivity index (χ3v) is 10.6. The fourth-order valence-electron chi connectivity index (χ4n) is 9.56. The molecule has 14 heavy (non-hydrogen) atoms. The third kappa shape index (κ3) is 0.142. The van der Waals surface area contributed by atoms with Crippen molar-refractivity contribution in [3.8, 4) is 0 Å². The van der Waals surface area contributed by atoms with Crippen LogP contribution in [-0.4, -0.2) is 0 Å². The van der Waals surface area contributed by atoms with Gasteiger partial charge in [-0.3, -0.25) is 0 Å². The fraction of sp³-hybridized carbons (Fsp3) is 1.00. The second-order valence-corrected chi connectivity index (χ2v) is 8.25. The molecule has 0 aliphatic heterocycles. The van der Waals surface area contributed by atoms with Crippen LogP contribution in [0.5, 0.6) is 0 Å². The molecule has 0 aromatic carbocycles.